The molecule has 0 radical (unpaired) electrons. The minimum atomic E-state index is -0.356. The molecule has 2 aliphatic rings. The normalized spacial score (nSPS) is 38.8. The lowest BCUT2D eigenvalue weighted by molar-refractivity contribution is -0.136. The Labute approximate surface area is 128 Å². The minimum Gasteiger partial charge on any atom is -0.322 e. The highest BCUT2D eigenvalue weighted by atomic mass is 32.2. The zero-order valence-corrected chi connectivity index (χ0v) is 14.4. The Morgan fingerprint density at radius 1 is 1.35 bits per heavy atom. The molecule has 0 spiro atoms. The third-order valence-electron chi connectivity index (χ3n) is 5.18. The maximum Gasteiger partial charge on any atom is 0.244 e. The van der Waals surface area contributed by atoms with Crippen LogP contribution in [-0.2, 0) is 4.79 Å². The van der Waals surface area contributed by atoms with Gasteiger partial charge in [-0.3, -0.25) is 10.1 Å². The van der Waals surface area contributed by atoms with Crippen LogP contribution in [0.3, 0.4) is 0 Å². The number of rotatable bonds is 4. The predicted octanol–water partition coefficient (Wildman–Crippen LogP) is 3.24. The molecular weight excluding hydrogens is 268 g/mol. The van der Waals surface area contributed by atoms with Gasteiger partial charge in [-0.15, -0.1) is 0 Å². The van der Waals surface area contributed by atoms with E-state index >= 15 is 0 Å². The fourth-order valence-electron chi connectivity index (χ4n) is 3.56. The average Bonchev–Trinajstić information content (AvgIpc) is 2.72. The van der Waals surface area contributed by atoms with E-state index in [4.69, 9.17) is 0 Å². The standard InChI is InChI=1S/C16H30N2OS/c1-6-16(4)15(19)18(14(17-16)11(2)3)12-7-9-13(20-5)10-8-12/h11-14,17H,6-10H2,1-5H3. The van der Waals surface area contributed by atoms with Gasteiger partial charge in [-0.05, 0) is 51.2 Å². The molecule has 1 aliphatic heterocycles. The summed E-state index contributed by atoms with van der Waals surface area (Å²) in [6, 6.07) is 0.444. The summed E-state index contributed by atoms with van der Waals surface area (Å²) in [5.74, 6) is 0.789. The van der Waals surface area contributed by atoms with Crippen molar-refractivity contribution in [2.45, 2.75) is 82.8 Å². The molecule has 4 heteroatoms. The van der Waals surface area contributed by atoms with E-state index in [1.165, 1.54) is 25.7 Å². The maximum atomic E-state index is 12.9. The molecule has 2 atom stereocenters. The van der Waals surface area contributed by atoms with E-state index in [2.05, 4.69) is 44.2 Å². The molecule has 2 rings (SSSR count). The molecule has 0 bridgehead atoms. The molecule has 20 heavy (non-hydrogen) atoms. The molecule has 2 unspecified atom stereocenters. The summed E-state index contributed by atoms with van der Waals surface area (Å²) in [5, 5.41) is 4.41. The summed E-state index contributed by atoms with van der Waals surface area (Å²) >= 11 is 1.98. The highest BCUT2D eigenvalue weighted by Gasteiger charge is 2.50. The molecule has 0 aromatic rings. The van der Waals surface area contributed by atoms with Gasteiger partial charge in [0.1, 0.15) is 0 Å². The number of carbonyl (C=O) groups is 1. The van der Waals surface area contributed by atoms with Crippen LogP contribution in [0.5, 0.6) is 0 Å². The third kappa shape index (κ3) is 2.87. The molecule has 0 aromatic carbocycles. The van der Waals surface area contributed by atoms with Crippen LogP contribution in [0.15, 0.2) is 0 Å². The van der Waals surface area contributed by atoms with Crippen molar-refractivity contribution in [1.82, 2.24) is 10.2 Å². The van der Waals surface area contributed by atoms with E-state index in [-0.39, 0.29) is 11.7 Å². The van der Waals surface area contributed by atoms with Gasteiger partial charge in [-0.1, -0.05) is 20.8 Å². The van der Waals surface area contributed by atoms with Gasteiger partial charge in [-0.25, -0.2) is 0 Å². The summed E-state index contributed by atoms with van der Waals surface area (Å²) in [6.45, 7) is 8.61. The highest BCUT2D eigenvalue weighted by molar-refractivity contribution is 7.99. The Balaban J connectivity index is 2.13. The second-order valence-corrected chi connectivity index (χ2v) is 8.04. The molecular formula is C16H30N2OS. The summed E-state index contributed by atoms with van der Waals surface area (Å²) in [7, 11) is 0. The summed E-state index contributed by atoms with van der Waals surface area (Å²) in [4.78, 5) is 15.1. The van der Waals surface area contributed by atoms with Crippen molar-refractivity contribution in [2.75, 3.05) is 6.26 Å². The van der Waals surface area contributed by atoms with E-state index in [1.807, 2.05) is 11.8 Å². The maximum absolute atomic E-state index is 12.9. The van der Waals surface area contributed by atoms with Crippen molar-refractivity contribution in [2.24, 2.45) is 5.92 Å². The average molecular weight is 298 g/mol. The molecule has 3 nitrogen and oxygen atoms in total. The Kier molecular flexibility index (Phi) is 5.06. The monoisotopic (exact) mass is 298 g/mol. The Bertz CT molecular complexity index is 352. The first-order chi connectivity index (χ1) is 9.42. The molecule has 2 fully saturated rings. The van der Waals surface area contributed by atoms with Gasteiger partial charge in [0.2, 0.25) is 5.91 Å². The molecule has 1 aliphatic carbocycles. The van der Waals surface area contributed by atoms with Crippen LogP contribution in [0.1, 0.15) is 59.8 Å². The Morgan fingerprint density at radius 3 is 2.40 bits per heavy atom. The fourth-order valence-corrected chi connectivity index (χ4v) is 4.31. The number of thioether (sulfide) groups is 1. The number of carbonyl (C=O) groups excluding carboxylic acids is 1. The molecule has 1 heterocycles. The van der Waals surface area contributed by atoms with Crippen LogP contribution in [0.4, 0.5) is 0 Å². The van der Waals surface area contributed by atoms with Crippen molar-refractivity contribution < 1.29 is 4.79 Å². The topological polar surface area (TPSA) is 32.3 Å². The number of hydrogen-bond donors (Lipinski definition) is 1. The zero-order valence-electron chi connectivity index (χ0n) is 13.6. The van der Waals surface area contributed by atoms with Crippen LogP contribution in [0, 0.1) is 5.92 Å². The van der Waals surface area contributed by atoms with Gasteiger partial charge >= 0.3 is 0 Å². The quantitative estimate of drug-likeness (QED) is 0.865. The van der Waals surface area contributed by atoms with Crippen molar-refractivity contribution in [3.63, 3.8) is 0 Å². The molecule has 1 saturated carbocycles. The molecule has 1 N–H and O–H groups in total. The number of hydrogen-bond acceptors (Lipinski definition) is 3. The van der Waals surface area contributed by atoms with E-state index in [0.29, 0.717) is 17.9 Å². The van der Waals surface area contributed by atoms with E-state index in [1.54, 1.807) is 0 Å². The number of nitrogens with one attached hydrogen (secondary N) is 1. The summed E-state index contributed by atoms with van der Waals surface area (Å²) in [5.41, 5.74) is -0.356. The van der Waals surface area contributed by atoms with Crippen LogP contribution in [-0.4, -0.2) is 40.1 Å². The van der Waals surface area contributed by atoms with Crippen molar-refractivity contribution in [3.8, 4) is 0 Å². The fraction of sp³-hybridized carbons (Fsp3) is 0.938. The largest absolute Gasteiger partial charge is 0.322 e. The van der Waals surface area contributed by atoms with Gasteiger partial charge in [0.15, 0.2) is 0 Å². The second kappa shape index (κ2) is 6.27. The van der Waals surface area contributed by atoms with Gasteiger partial charge < -0.3 is 4.90 Å². The van der Waals surface area contributed by atoms with Crippen LogP contribution in [0.25, 0.3) is 0 Å². The van der Waals surface area contributed by atoms with Gasteiger partial charge in [0.05, 0.1) is 11.7 Å². The van der Waals surface area contributed by atoms with Gasteiger partial charge in [-0.2, -0.15) is 11.8 Å². The second-order valence-electron chi connectivity index (χ2n) is 6.90. The van der Waals surface area contributed by atoms with Crippen molar-refractivity contribution in [3.05, 3.63) is 0 Å². The van der Waals surface area contributed by atoms with Crippen LogP contribution in [0.2, 0.25) is 0 Å². The zero-order chi connectivity index (χ0) is 14.9. The number of amides is 1. The molecule has 0 aromatic heterocycles. The van der Waals surface area contributed by atoms with E-state index < -0.39 is 0 Å². The Hall–Kier alpha value is -0.220. The van der Waals surface area contributed by atoms with Crippen molar-refractivity contribution in [1.29, 1.82) is 0 Å². The first kappa shape index (κ1) is 16.2. The lowest BCUT2D eigenvalue weighted by atomic mass is 9.91. The molecule has 1 saturated heterocycles. The highest BCUT2D eigenvalue weighted by Crippen LogP contribution is 2.36. The predicted molar refractivity (Wildman–Crippen MR) is 86.9 cm³/mol. The van der Waals surface area contributed by atoms with Gasteiger partial charge in [0.25, 0.3) is 0 Å². The lowest BCUT2D eigenvalue weighted by Gasteiger charge is -2.38. The molecule has 1 amide bonds. The van der Waals surface area contributed by atoms with Gasteiger partial charge in [0, 0.05) is 11.3 Å². The first-order valence-corrected chi connectivity index (χ1v) is 9.35. The SMILES string of the molecule is CCC1(C)NC(C(C)C)N(C2CCC(SC)CC2)C1=O. The lowest BCUT2D eigenvalue weighted by Crippen LogP contribution is -2.48. The van der Waals surface area contributed by atoms with Crippen LogP contribution < -0.4 is 5.32 Å². The molecule has 116 valence electrons. The minimum absolute atomic E-state index is 0.211. The smallest absolute Gasteiger partial charge is 0.244 e. The van der Waals surface area contributed by atoms with E-state index in [0.717, 1.165) is 11.7 Å². The van der Waals surface area contributed by atoms with Crippen molar-refractivity contribution >= 4 is 17.7 Å². The van der Waals surface area contributed by atoms with Crippen LogP contribution >= 0.6 is 11.8 Å². The number of nitrogens with zero attached hydrogens (tertiary/aromatic N) is 1. The first-order valence-electron chi connectivity index (χ1n) is 8.06. The van der Waals surface area contributed by atoms with E-state index in [9.17, 15) is 4.79 Å². The third-order valence-corrected chi connectivity index (χ3v) is 6.32. The summed E-state index contributed by atoms with van der Waals surface area (Å²) in [6.07, 6.45) is 8.13. The summed E-state index contributed by atoms with van der Waals surface area (Å²) < 4.78 is 0. The Morgan fingerprint density at radius 2 is 1.95 bits per heavy atom.